The molecule has 0 aliphatic heterocycles. The molecule has 1 atom stereocenters. The van der Waals surface area contributed by atoms with Gasteiger partial charge >= 0.3 is 0 Å². The van der Waals surface area contributed by atoms with Gasteiger partial charge in [0.15, 0.2) is 0 Å². The summed E-state index contributed by atoms with van der Waals surface area (Å²) in [6.45, 7) is 8.42. The molecular formula is C22H28N2O2. The number of rotatable bonds is 6. The maximum absolute atomic E-state index is 12.9. The normalized spacial score (nSPS) is 11.9. The third-order valence-electron chi connectivity index (χ3n) is 4.58. The molecule has 138 valence electrons. The minimum Gasteiger partial charge on any atom is -0.340 e. The number of likely N-dealkylation sites (N-methyl/N-ethyl adjacent to an activating group) is 1. The number of hydrogen-bond donors (Lipinski definition) is 1. The molecule has 2 aromatic rings. The zero-order valence-corrected chi connectivity index (χ0v) is 16.2. The molecule has 0 saturated heterocycles. The van der Waals surface area contributed by atoms with Crippen molar-refractivity contribution in [1.82, 2.24) is 10.2 Å². The van der Waals surface area contributed by atoms with Gasteiger partial charge in [-0.2, -0.15) is 0 Å². The molecule has 2 aromatic carbocycles. The number of nitrogens with one attached hydrogen (secondary N) is 1. The van der Waals surface area contributed by atoms with Crippen LogP contribution < -0.4 is 5.32 Å². The third kappa shape index (κ3) is 4.94. The molecule has 0 saturated carbocycles. The molecule has 0 spiro atoms. The summed E-state index contributed by atoms with van der Waals surface area (Å²) in [7, 11) is 1.78. The Morgan fingerprint density at radius 1 is 1.00 bits per heavy atom. The average molecular weight is 352 g/mol. The quantitative estimate of drug-likeness (QED) is 0.861. The zero-order valence-electron chi connectivity index (χ0n) is 16.2. The standard InChI is InChI=1S/C22H28N2O2/c1-15(2)20(23-21(25)18-12-10-16(3)11-13-18)22(26)24(5)14-19-9-7-6-8-17(19)4/h6-13,15,20H,14H2,1-5H3,(H,23,25)/t20-/m0/s1. The van der Waals surface area contributed by atoms with Gasteiger partial charge in [-0.3, -0.25) is 9.59 Å². The van der Waals surface area contributed by atoms with Gasteiger partial charge in [0, 0.05) is 19.2 Å². The van der Waals surface area contributed by atoms with E-state index in [1.807, 2.05) is 64.1 Å². The van der Waals surface area contributed by atoms with E-state index in [9.17, 15) is 9.59 Å². The lowest BCUT2D eigenvalue weighted by atomic mass is 10.0. The lowest BCUT2D eigenvalue weighted by Crippen LogP contribution is -2.50. The van der Waals surface area contributed by atoms with E-state index in [1.165, 1.54) is 0 Å². The predicted molar refractivity (Wildman–Crippen MR) is 105 cm³/mol. The molecule has 4 nitrogen and oxygen atoms in total. The molecule has 0 radical (unpaired) electrons. The van der Waals surface area contributed by atoms with Crippen LogP contribution in [0.25, 0.3) is 0 Å². The van der Waals surface area contributed by atoms with E-state index in [0.717, 1.165) is 16.7 Å². The fraction of sp³-hybridized carbons (Fsp3) is 0.364. The van der Waals surface area contributed by atoms with Gasteiger partial charge in [-0.05, 0) is 43.0 Å². The highest BCUT2D eigenvalue weighted by atomic mass is 16.2. The Morgan fingerprint density at radius 3 is 2.19 bits per heavy atom. The Bertz CT molecular complexity index is 766. The molecule has 2 amide bonds. The first kappa shape index (κ1) is 19.7. The van der Waals surface area contributed by atoms with Crippen LogP contribution >= 0.6 is 0 Å². The Balaban J connectivity index is 2.10. The van der Waals surface area contributed by atoms with Crippen LogP contribution in [0, 0.1) is 19.8 Å². The van der Waals surface area contributed by atoms with E-state index >= 15 is 0 Å². The van der Waals surface area contributed by atoms with Crippen molar-refractivity contribution in [2.45, 2.75) is 40.3 Å². The highest BCUT2D eigenvalue weighted by molar-refractivity contribution is 5.97. The summed E-state index contributed by atoms with van der Waals surface area (Å²) in [5, 5.41) is 2.90. The van der Waals surface area contributed by atoms with E-state index in [0.29, 0.717) is 12.1 Å². The fourth-order valence-corrected chi connectivity index (χ4v) is 2.80. The van der Waals surface area contributed by atoms with Gasteiger partial charge in [-0.1, -0.05) is 55.8 Å². The predicted octanol–water partition coefficient (Wildman–Crippen LogP) is 3.72. The first-order chi connectivity index (χ1) is 12.3. The van der Waals surface area contributed by atoms with Gasteiger partial charge < -0.3 is 10.2 Å². The molecule has 2 rings (SSSR count). The number of hydrogen-bond acceptors (Lipinski definition) is 2. The van der Waals surface area contributed by atoms with Crippen LogP contribution in [0.4, 0.5) is 0 Å². The van der Waals surface area contributed by atoms with Gasteiger partial charge in [-0.25, -0.2) is 0 Å². The van der Waals surface area contributed by atoms with Crippen molar-refractivity contribution in [3.63, 3.8) is 0 Å². The molecule has 0 aliphatic rings. The number of carbonyl (C=O) groups is 2. The van der Waals surface area contributed by atoms with E-state index in [-0.39, 0.29) is 17.7 Å². The van der Waals surface area contributed by atoms with Crippen LogP contribution in [0.1, 0.15) is 40.9 Å². The van der Waals surface area contributed by atoms with Gasteiger partial charge in [0.1, 0.15) is 6.04 Å². The molecule has 4 heteroatoms. The van der Waals surface area contributed by atoms with E-state index in [2.05, 4.69) is 5.32 Å². The molecule has 0 bridgehead atoms. The highest BCUT2D eigenvalue weighted by Crippen LogP contribution is 2.13. The Hall–Kier alpha value is -2.62. The van der Waals surface area contributed by atoms with Gasteiger partial charge in [-0.15, -0.1) is 0 Å². The summed E-state index contributed by atoms with van der Waals surface area (Å²) in [6.07, 6.45) is 0. The summed E-state index contributed by atoms with van der Waals surface area (Å²) in [5.41, 5.74) is 3.92. The van der Waals surface area contributed by atoms with Crippen molar-refractivity contribution < 1.29 is 9.59 Å². The maximum atomic E-state index is 12.9. The fourth-order valence-electron chi connectivity index (χ4n) is 2.80. The second-order valence-electron chi connectivity index (χ2n) is 7.18. The highest BCUT2D eigenvalue weighted by Gasteiger charge is 2.27. The second kappa shape index (κ2) is 8.65. The van der Waals surface area contributed by atoms with Crippen molar-refractivity contribution in [2.75, 3.05) is 7.05 Å². The summed E-state index contributed by atoms with van der Waals surface area (Å²) < 4.78 is 0. The molecule has 0 unspecified atom stereocenters. The van der Waals surface area contributed by atoms with Crippen LogP contribution in [0.2, 0.25) is 0 Å². The lowest BCUT2D eigenvalue weighted by molar-refractivity contribution is -0.133. The third-order valence-corrected chi connectivity index (χ3v) is 4.58. The second-order valence-corrected chi connectivity index (χ2v) is 7.18. The molecule has 1 N–H and O–H groups in total. The van der Waals surface area contributed by atoms with Crippen molar-refractivity contribution in [3.8, 4) is 0 Å². The number of carbonyl (C=O) groups excluding carboxylic acids is 2. The maximum Gasteiger partial charge on any atom is 0.251 e. The van der Waals surface area contributed by atoms with Crippen LogP contribution in [-0.2, 0) is 11.3 Å². The number of aryl methyl sites for hydroxylation is 2. The molecule has 0 fully saturated rings. The van der Waals surface area contributed by atoms with Crippen LogP contribution in [0.15, 0.2) is 48.5 Å². The smallest absolute Gasteiger partial charge is 0.251 e. The van der Waals surface area contributed by atoms with E-state index < -0.39 is 6.04 Å². The summed E-state index contributed by atoms with van der Waals surface area (Å²) >= 11 is 0. The van der Waals surface area contributed by atoms with Crippen LogP contribution in [-0.4, -0.2) is 29.8 Å². The summed E-state index contributed by atoms with van der Waals surface area (Å²) in [5.74, 6) is -0.304. The number of nitrogens with zero attached hydrogens (tertiary/aromatic N) is 1. The summed E-state index contributed by atoms with van der Waals surface area (Å²) in [6, 6.07) is 14.8. The first-order valence-corrected chi connectivity index (χ1v) is 8.96. The number of benzene rings is 2. The zero-order chi connectivity index (χ0) is 19.3. The SMILES string of the molecule is Cc1ccc(C(=O)N[C@H](C(=O)N(C)Cc2ccccc2C)C(C)C)cc1. The average Bonchev–Trinajstić information content (AvgIpc) is 2.61. The molecule has 26 heavy (non-hydrogen) atoms. The Morgan fingerprint density at radius 2 is 1.62 bits per heavy atom. The molecule has 0 heterocycles. The number of amides is 2. The first-order valence-electron chi connectivity index (χ1n) is 8.96. The largest absolute Gasteiger partial charge is 0.340 e. The Kier molecular flexibility index (Phi) is 6.56. The summed E-state index contributed by atoms with van der Waals surface area (Å²) in [4.78, 5) is 27.1. The Labute approximate surface area is 156 Å². The van der Waals surface area contributed by atoms with Gasteiger partial charge in [0.25, 0.3) is 5.91 Å². The minimum atomic E-state index is -0.558. The van der Waals surface area contributed by atoms with Crippen LogP contribution in [0.5, 0.6) is 0 Å². The topological polar surface area (TPSA) is 49.4 Å². The monoisotopic (exact) mass is 352 g/mol. The molecular weight excluding hydrogens is 324 g/mol. The van der Waals surface area contributed by atoms with Gasteiger partial charge in [0.2, 0.25) is 5.91 Å². The van der Waals surface area contributed by atoms with Crippen molar-refractivity contribution in [2.24, 2.45) is 5.92 Å². The molecule has 0 aliphatic carbocycles. The van der Waals surface area contributed by atoms with Crippen molar-refractivity contribution in [3.05, 3.63) is 70.8 Å². The van der Waals surface area contributed by atoms with Crippen LogP contribution in [0.3, 0.4) is 0 Å². The van der Waals surface area contributed by atoms with E-state index in [1.54, 1.807) is 24.1 Å². The van der Waals surface area contributed by atoms with E-state index in [4.69, 9.17) is 0 Å². The lowest BCUT2D eigenvalue weighted by Gasteiger charge is -2.27. The van der Waals surface area contributed by atoms with Crippen molar-refractivity contribution in [1.29, 1.82) is 0 Å². The minimum absolute atomic E-state index is 0.00350. The van der Waals surface area contributed by atoms with Gasteiger partial charge in [0.05, 0.1) is 0 Å². The van der Waals surface area contributed by atoms with Crippen molar-refractivity contribution >= 4 is 11.8 Å². The molecule has 0 aromatic heterocycles.